The van der Waals surface area contributed by atoms with E-state index in [4.69, 9.17) is 0 Å². The third kappa shape index (κ3) is 3.74. The zero-order chi connectivity index (χ0) is 15.6. The van der Waals surface area contributed by atoms with Crippen LogP contribution in [0.1, 0.15) is 27.9 Å². The lowest BCUT2D eigenvalue weighted by Gasteiger charge is -2.12. The summed E-state index contributed by atoms with van der Waals surface area (Å²) >= 11 is 0. The van der Waals surface area contributed by atoms with Crippen molar-refractivity contribution in [1.29, 1.82) is 0 Å². The van der Waals surface area contributed by atoms with E-state index < -0.39 is 11.9 Å². The third-order valence-corrected chi connectivity index (χ3v) is 3.49. The van der Waals surface area contributed by atoms with E-state index in [2.05, 4.69) is 29.4 Å². The number of rotatable bonds is 3. The van der Waals surface area contributed by atoms with Crippen molar-refractivity contribution in [1.82, 2.24) is 4.98 Å². The van der Waals surface area contributed by atoms with E-state index in [0.29, 0.717) is 12.2 Å². The summed E-state index contributed by atoms with van der Waals surface area (Å²) in [5, 5.41) is 3.10. The van der Waals surface area contributed by atoms with Gasteiger partial charge in [0.2, 0.25) is 0 Å². The first kappa shape index (κ1) is 15.4. The summed E-state index contributed by atoms with van der Waals surface area (Å²) in [5.74, 6) is 0. The number of aromatic nitrogens is 1. The molecular formula is C16H17F3N2. The smallest absolute Gasteiger partial charge is 0.380 e. The van der Waals surface area contributed by atoms with Gasteiger partial charge in [-0.25, -0.2) is 4.98 Å². The number of nitrogens with one attached hydrogen (secondary N) is 1. The predicted octanol–water partition coefficient (Wildman–Crippen LogP) is 4.64. The van der Waals surface area contributed by atoms with Crippen LogP contribution >= 0.6 is 0 Å². The van der Waals surface area contributed by atoms with Crippen LogP contribution in [0.25, 0.3) is 0 Å². The molecule has 0 atom stereocenters. The molecule has 1 aromatic heterocycles. The molecule has 0 amide bonds. The number of hydrogen-bond acceptors (Lipinski definition) is 2. The Labute approximate surface area is 122 Å². The van der Waals surface area contributed by atoms with Gasteiger partial charge in [0.05, 0.1) is 11.9 Å². The van der Waals surface area contributed by atoms with Crippen molar-refractivity contribution >= 4 is 5.69 Å². The molecule has 21 heavy (non-hydrogen) atoms. The largest absolute Gasteiger partial charge is 0.433 e. The van der Waals surface area contributed by atoms with Crippen molar-refractivity contribution in [2.45, 2.75) is 33.5 Å². The second-order valence-corrected chi connectivity index (χ2v) is 5.15. The van der Waals surface area contributed by atoms with Crippen LogP contribution < -0.4 is 5.32 Å². The topological polar surface area (TPSA) is 24.9 Å². The van der Waals surface area contributed by atoms with Crippen LogP contribution in [-0.2, 0) is 12.7 Å². The average molecular weight is 294 g/mol. The molecule has 0 unspecified atom stereocenters. The van der Waals surface area contributed by atoms with Crippen molar-refractivity contribution in [3.63, 3.8) is 0 Å². The molecule has 1 heterocycles. The summed E-state index contributed by atoms with van der Waals surface area (Å²) in [6.07, 6.45) is -3.19. The highest BCUT2D eigenvalue weighted by Gasteiger charge is 2.31. The molecular weight excluding hydrogens is 277 g/mol. The van der Waals surface area contributed by atoms with Gasteiger partial charge >= 0.3 is 6.18 Å². The zero-order valence-corrected chi connectivity index (χ0v) is 12.2. The molecule has 2 nitrogen and oxygen atoms in total. The Morgan fingerprint density at radius 3 is 2.24 bits per heavy atom. The highest BCUT2D eigenvalue weighted by Crippen LogP contribution is 2.28. The minimum Gasteiger partial charge on any atom is -0.380 e. The van der Waals surface area contributed by atoms with Crippen molar-refractivity contribution in [2.75, 3.05) is 5.32 Å². The lowest BCUT2D eigenvalue weighted by Crippen LogP contribution is -2.08. The van der Waals surface area contributed by atoms with Gasteiger partial charge in [0.15, 0.2) is 0 Å². The first-order valence-corrected chi connectivity index (χ1v) is 6.61. The fourth-order valence-electron chi connectivity index (χ4n) is 2.07. The maximum atomic E-state index is 12.4. The Morgan fingerprint density at radius 1 is 1.00 bits per heavy atom. The molecule has 1 aromatic carbocycles. The highest BCUT2D eigenvalue weighted by atomic mass is 19.4. The molecule has 0 aliphatic rings. The van der Waals surface area contributed by atoms with Crippen LogP contribution in [0, 0.1) is 20.8 Å². The highest BCUT2D eigenvalue weighted by molar-refractivity contribution is 5.44. The number of benzene rings is 1. The van der Waals surface area contributed by atoms with Crippen molar-refractivity contribution in [3.05, 3.63) is 58.4 Å². The van der Waals surface area contributed by atoms with Crippen LogP contribution in [0.4, 0.5) is 18.9 Å². The van der Waals surface area contributed by atoms with Crippen molar-refractivity contribution in [3.8, 4) is 0 Å². The van der Waals surface area contributed by atoms with Crippen molar-refractivity contribution < 1.29 is 13.2 Å². The Hall–Kier alpha value is -2.04. The van der Waals surface area contributed by atoms with Crippen LogP contribution in [0.3, 0.4) is 0 Å². The lowest BCUT2D eigenvalue weighted by atomic mass is 10.0. The molecule has 2 aromatic rings. The SMILES string of the molecule is Cc1cc(C)c(CNc2ccc(C(F)(F)F)nc2)cc1C. The first-order chi connectivity index (χ1) is 9.77. The van der Waals surface area contributed by atoms with E-state index in [9.17, 15) is 13.2 Å². The number of pyridine rings is 1. The standard InChI is InChI=1S/C16H17F3N2/c1-10-6-12(3)13(7-11(10)2)8-20-14-4-5-15(21-9-14)16(17,18)19/h4-7,9,20H,8H2,1-3H3. The Kier molecular flexibility index (Phi) is 4.21. The van der Waals surface area contributed by atoms with Crippen LogP contribution in [0.15, 0.2) is 30.5 Å². The summed E-state index contributed by atoms with van der Waals surface area (Å²) in [6, 6.07) is 6.58. The van der Waals surface area contributed by atoms with Gasteiger partial charge in [-0.1, -0.05) is 12.1 Å². The number of nitrogens with zero attached hydrogens (tertiary/aromatic N) is 1. The number of aryl methyl sites for hydroxylation is 3. The maximum absolute atomic E-state index is 12.4. The quantitative estimate of drug-likeness (QED) is 0.892. The predicted molar refractivity (Wildman–Crippen MR) is 77.2 cm³/mol. The molecule has 0 spiro atoms. The fourth-order valence-corrected chi connectivity index (χ4v) is 2.07. The molecule has 0 bridgehead atoms. The number of halogens is 3. The molecule has 0 radical (unpaired) electrons. The molecule has 0 fully saturated rings. The molecule has 0 saturated heterocycles. The van der Waals surface area contributed by atoms with Gasteiger partial charge in [-0.05, 0) is 55.2 Å². The molecule has 0 saturated carbocycles. The Balaban J connectivity index is 2.08. The van der Waals surface area contributed by atoms with E-state index in [-0.39, 0.29) is 0 Å². The summed E-state index contributed by atoms with van der Waals surface area (Å²) in [4.78, 5) is 3.43. The van der Waals surface area contributed by atoms with E-state index >= 15 is 0 Å². The lowest BCUT2D eigenvalue weighted by molar-refractivity contribution is -0.141. The van der Waals surface area contributed by atoms with E-state index in [1.165, 1.54) is 23.4 Å². The molecule has 5 heteroatoms. The van der Waals surface area contributed by atoms with Gasteiger partial charge < -0.3 is 5.32 Å². The normalized spacial score (nSPS) is 11.5. The van der Waals surface area contributed by atoms with Crippen molar-refractivity contribution in [2.24, 2.45) is 0 Å². The first-order valence-electron chi connectivity index (χ1n) is 6.61. The number of alkyl halides is 3. The maximum Gasteiger partial charge on any atom is 0.433 e. The monoisotopic (exact) mass is 294 g/mol. The fraction of sp³-hybridized carbons (Fsp3) is 0.312. The summed E-state index contributed by atoms with van der Waals surface area (Å²) in [6.45, 7) is 6.67. The summed E-state index contributed by atoms with van der Waals surface area (Å²) in [7, 11) is 0. The van der Waals surface area contributed by atoms with Gasteiger partial charge in [-0.15, -0.1) is 0 Å². The van der Waals surface area contributed by atoms with Crippen LogP contribution in [0.5, 0.6) is 0 Å². The Morgan fingerprint density at radius 2 is 1.67 bits per heavy atom. The summed E-state index contributed by atoms with van der Waals surface area (Å²) in [5.41, 5.74) is 4.40. The average Bonchev–Trinajstić information content (AvgIpc) is 2.41. The zero-order valence-electron chi connectivity index (χ0n) is 12.2. The molecule has 2 rings (SSSR count). The molecule has 112 valence electrons. The van der Waals surface area contributed by atoms with Gasteiger partial charge in [0.1, 0.15) is 5.69 Å². The van der Waals surface area contributed by atoms with E-state index in [1.54, 1.807) is 0 Å². The van der Waals surface area contributed by atoms with Gasteiger partial charge in [-0.2, -0.15) is 13.2 Å². The van der Waals surface area contributed by atoms with E-state index in [1.807, 2.05) is 13.8 Å². The second-order valence-electron chi connectivity index (χ2n) is 5.15. The van der Waals surface area contributed by atoms with E-state index in [0.717, 1.165) is 17.2 Å². The molecule has 0 aliphatic heterocycles. The minimum absolute atomic E-state index is 0.556. The molecule has 1 N–H and O–H groups in total. The van der Waals surface area contributed by atoms with Gasteiger partial charge in [-0.3, -0.25) is 0 Å². The third-order valence-electron chi connectivity index (χ3n) is 3.49. The molecule has 0 aliphatic carbocycles. The van der Waals surface area contributed by atoms with Gasteiger partial charge in [0, 0.05) is 6.54 Å². The second kappa shape index (κ2) is 5.76. The van der Waals surface area contributed by atoms with Gasteiger partial charge in [0.25, 0.3) is 0 Å². The Bertz CT molecular complexity index is 631. The van der Waals surface area contributed by atoms with Crippen LogP contribution in [0.2, 0.25) is 0 Å². The summed E-state index contributed by atoms with van der Waals surface area (Å²) < 4.78 is 37.3. The van der Waals surface area contributed by atoms with Crippen LogP contribution in [-0.4, -0.2) is 4.98 Å². The number of anilines is 1. The number of hydrogen-bond donors (Lipinski definition) is 1. The minimum atomic E-state index is -4.40.